The highest BCUT2D eigenvalue weighted by Gasteiger charge is 2.23. The Kier molecular flexibility index (Phi) is 8.70. The molecule has 1 fully saturated rings. The minimum Gasteiger partial charge on any atom is -0.368 e. The third-order valence-electron chi connectivity index (χ3n) is 6.05. The lowest BCUT2D eigenvalue weighted by Gasteiger charge is -2.35. The molecule has 0 aliphatic carbocycles. The smallest absolute Gasteiger partial charge is 0.269 e. The Balaban J connectivity index is 1.44. The van der Waals surface area contributed by atoms with Gasteiger partial charge in [-0.15, -0.1) is 0 Å². The molecule has 12 heteroatoms. The Hall–Kier alpha value is -4.25. The molecule has 1 aliphatic heterocycles. The van der Waals surface area contributed by atoms with Crippen LogP contribution < -0.4 is 15.5 Å². The van der Waals surface area contributed by atoms with Crippen molar-refractivity contribution in [3.05, 3.63) is 75.3 Å². The van der Waals surface area contributed by atoms with Crippen LogP contribution in [0, 0.1) is 10.1 Å². The lowest BCUT2D eigenvalue weighted by molar-refractivity contribution is -0.384. The lowest BCUT2D eigenvalue weighted by atomic mass is 10.1. The van der Waals surface area contributed by atoms with E-state index in [1.54, 1.807) is 29.2 Å². The molecular formula is C26H28ClN7O4. The van der Waals surface area contributed by atoms with Gasteiger partial charge in [0.25, 0.3) is 5.69 Å². The first-order valence-corrected chi connectivity index (χ1v) is 12.6. The molecule has 3 aromatic rings. The van der Waals surface area contributed by atoms with Crippen LogP contribution in [0.15, 0.2) is 54.6 Å². The molecule has 2 aromatic carbocycles. The molecule has 4 rings (SSSR count). The molecule has 38 heavy (non-hydrogen) atoms. The van der Waals surface area contributed by atoms with Gasteiger partial charge < -0.3 is 20.4 Å². The van der Waals surface area contributed by atoms with E-state index in [1.165, 1.54) is 19.1 Å². The van der Waals surface area contributed by atoms with Crippen LogP contribution in [-0.2, 0) is 16.0 Å². The number of benzene rings is 2. The van der Waals surface area contributed by atoms with Crippen LogP contribution in [0.25, 0.3) is 11.4 Å². The summed E-state index contributed by atoms with van der Waals surface area (Å²) in [6, 6.07) is 15.3. The number of anilines is 2. The molecule has 1 aliphatic rings. The summed E-state index contributed by atoms with van der Waals surface area (Å²) in [4.78, 5) is 47.9. The average molecular weight is 538 g/mol. The molecule has 0 unspecified atom stereocenters. The van der Waals surface area contributed by atoms with E-state index in [0.29, 0.717) is 61.5 Å². The number of nitro groups is 1. The Morgan fingerprint density at radius 3 is 2.45 bits per heavy atom. The zero-order valence-corrected chi connectivity index (χ0v) is 21.6. The molecule has 2 heterocycles. The van der Waals surface area contributed by atoms with Gasteiger partial charge in [-0.3, -0.25) is 19.7 Å². The van der Waals surface area contributed by atoms with Gasteiger partial charge in [0.1, 0.15) is 11.6 Å². The van der Waals surface area contributed by atoms with E-state index in [4.69, 9.17) is 16.6 Å². The SMILES string of the molecule is CC(=O)NCCNc1cc(N2CCN(C(=O)Cc3cccc([N+](=O)[O-])c3)CC2)nc(-c2ccc(Cl)cc2)n1. The standard InChI is InChI=1S/C26H28ClN7O4/c1-18(35)28-9-10-29-23-17-24(31-26(30-23)20-5-7-21(27)8-6-20)32-11-13-33(14-12-32)25(36)16-19-3-2-4-22(15-19)34(37)38/h2-8,15,17H,9-14,16H2,1H3,(H,28,35)(H,29,30,31). The monoisotopic (exact) mass is 537 g/mol. The molecule has 0 saturated carbocycles. The fraction of sp³-hybridized carbons (Fsp3) is 0.308. The van der Waals surface area contributed by atoms with E-state index < -0.39 is 4.92 Å². The molecule has 11 nitrogen and oxygen atoms in total. The van der Waals surface area contributed by atoms with Crippen LogP contribution in [0.5, 0.6) is 0 Å². The fourth-order valence-electron chi connectivity index (χ4n) is 4.10. The van der Waals surface area contributed by atoms with Crippen molar-refractivity contribution < 1.29 is 14.5 Å². The number of carbonyl (C=O) groups excluding carboxylic acids is 2. The number of aromatic nitrogens is 2. The lowest BCUT2D eigenvalue weighted by Crippen LogP contribution is -2.49. The first-order valence-electron chi connectivity index (χ1n) is 12.2. The van der Waals surface area contributed by atoms with Gasteiger partial charge in [0.15, 0.2) is 5.82 Å². The first kappa shape index (κ1) is 26.8. The van der Waals surface area contributed by atoms with Gasteiger partial charge in [-0.05, 0) is 29.8 Å². The van der Waals surface area contributed by atoms with Crippen molar-refractivity contribution >= 4 is 40.7 Å². The number of nitrogens with one attached hydrogen (secondary N) is 2. The topological polar surface area (TPSA) is 134 Å². The van der Waals surface area contributed by atoms with Gasteiger partial charge in [-0.2, -0.15) is 0 Å². The Bertz CT molecular complexity index is 1310. The van der Waals surface area contributed by atoms with Crippen LogP contribution in [0.3, 0.4) is 0 Å². The van der Waals surface area contributed by atoms with Gasteiger partial charge in [-0.1, -0.05) is 23.7 Å². The molecular weight excluding hydrogens is 510 g/mol. The normalized spacial score (nSPS) is 13.2. The van der Waals surface area contributed by atoms with Crippen molar-refractivity contribution in [2.75, 3.05) is 49.5 Å². The quantitative estimate of drug-likeness (QED) is 0.241. The molecule has 0 atom stereocenters. The summed E-state index contributed by atoms with van der Waals surface area (Å²) >= 11 is 6.05. The summed E-state index contributed by atoms with van der Waals surface area (Å²) in [5.74, 6) is 1.70. The van der Waals surface area contributed by atoms with E-state index in [-0.39, 0.29) is 23.9 Å². The number of nitrogens with zero attached hydrogens (tertiary/aromatic N) is 5. The van der Waals surface area contributed by atoms with Gasteiger partial charge in [0.05, 0.1) is 11.3 Å². The van der Waals surface area contributed by atoms with Crippen molar-refractivity contribution in [2.45, 2.75) is 13.3 Å². The second-order valence-electron chi connectivity index (χ2n) is 8.82. The van der Waals surface area contributed by atoms with Crippen molar-refractivity contribution in [3.8, 4) is 11.4 Å². The predicted molar refractivity (Wildman–Crippen MR) is 145 cm³/mol. The molecule has 2 N–H and O–H groups in total. The van der Waals surface area contributed by atoms with Gasteiger partial charge in [0.2, 0.25) is 11.8 Å². The average Bonchev–Trinajstić information content (AvgIpc) is 2.91. The van der Waals surface area contributed by atoms with Crippen LogP contribution in [-0.4, -0.2) is 70.9 Å². The Morgan fingerprint density at radius 2 is 1.76 bits per heavy atom. The molecule has 1 saturated heterocycles. The number of non-ortho nitro benzene ring substituents is 1. The molecule has 0 radical (unpaired) electrons. The molecule has 0 spiro atoms. The van der Waals surface area contributed by atoms with E-state index in [2.05, 4.69) is 20.5 Å². The third kappa shape index (κ3) is 7.16. The van der Waals surface area contributed by atoms with Crippen LogP contribution >= 0.6 is 11.6 Å². The summed E-state index contributed by atoms with van der Waals surface area (Å²) in [5, 5.41) is 17.6. The van der Waals surface area contributed by atoms with Gasteiger partial charge >= 0.3 is 0 Å². The first-order chi connectivity index (χ1) is 18.3. The van der Waals surface area contributed by atoms with E-state index in [0.717, 1.165) is 11.4 Å². The summed E-state index contributed by atoms with van der Waals surface area (Å²) in [7, 11) is 0. The predicted octanol–water partition coefficient (Wildman–Crippen LogP) is 3.14. The zero-order chi connectivity index (χ0) is 27.1. The Labute approximate surface area is 225 Å². The third-order valence-corrected chi connectivity index (χ3v) is 6.31. The van der Waals surface area contributed by atoms with E-state index >= 15 is 0 Å². The number of hydrogen-bond donors (Lipinski definition) is 2. The minimum absolute atomic E-state index is 0.0261. The maximum Gasteiger partial charge on any atom is 0.269 e. The largest absolute Gasteiger partial charge is 0.368 e. The molecule has 2 amide bonds. The molecule has 1 aromatic heterocycles. The number of carbonyl (C=O) groups is 2. The maximum absolute atomic E-state index is 12.9. The molecule has 198 valence electrons. The highest BCUT2D eigenvalue weighted by molar-refractivity contribution is 6.30. The Morgan fingerprint density at radius 1 is 1.03 bits per heavy atom. The fourth-order valence-corrected chi connectivity index (χ4v) is 4.22. The number of nitro benzene ring substituents is 1. The van der Waals surface area contributed by atoms with Gasteiger partial charge in [0, 0.05) is 75.0 Å². The minimum atomic E-state index is -0.463. The summed E-state index contributed by atoms with van der Waals surface area (Å²) in [6.07, 6.45) is 0.109. The van der Waals surface area contributed by atoms with Crippen LogP contribution in [0.2, 0.25) is 5.02 Å². The second-order valence-corrected chi connectivity index (χ2v) is 9.26. The second kappa shape index (κ2) is 12.3. The van der Waals surface area contributed by atoms with Gasteiger partial charge in [-0.25, -0.2) is 9.97 Å². The number of rotatable bonds is 9. The number of halogens is 1. The number of amides is 2. The van der Waals surface area contributed by atoms with Crippen LogP contribution in [0.4, 0.5) is 17.3 Å². The van der Waals surface area contributed by atoms with E-state index in [9.17, 15) is 19.7 Å². The van der Waals surface area contributed by atoms with Crippen molar-refractivity contribution in [1.29, 1.82) is 0 Å². The maximum atomic E-state index is 12.9. The zero-order valence-electron chi connectivity index (χ0n) is 20.9. The molecule has 0 bridgehead atoms. The van der Waals surface area contributed by atoms with Crippen LogP contribution in [0.1, 0.15) is 12.5 Å². The summed E-state index contributed by atoms with van der Waals surface area (Å²) in [6.45, 7) is 4.56. The van der Waals surface area contributed by atoms with E-state index in [1.807, 2.05) is 18.2 Å². The highest BCUT2D eigenvalue weighted by atomic mass is 35.5. The number of hydrogen-bond acceptors (Lipinski definition) is 8. The van der Waals surface area contributed by atoms with Crippen molar-refractivity contribution in [1.82, 2.24) is 20.2 Å². The van der Waals surface area contributed by atoms with Crippen molar-refractivity contribution in [2.24, 2.45) is 0 Å². The highest BCUT2D eigenvalue weighted by Crippen LogP contribution is 2.25. The summed E-state index contributed by atoms with van der Waals surface area (Å²) in [5.41, 5.74) is 1.40. The number of piperazine rings is 1. The van der Waals surface area contributed by atoms with Crippen molar-refractivity contribution in [3.63, 3.8) is 0 Å². The summed E-state index contributed by atoms with van der Waals surface area (Å²) < 4.78 is 0.